The molecule has 0 spiro atoms. The highest BCUT2D eigenvalue weighted by molar-refractivity contribution is 5.78. The van der Waals surface area contributed by atoms with Crippen molar-refractivity contribution in [1.29, 1.82) is 0 Å². The van der Waals surface area contributed by atoms with E-state index in [4.69, 9.17) is 0 Å². The first-order valence-corrected chi connectivity index (χ1v) is 8.32. The molecule has 1 aliphatic rings. The lowest BCUT2D eigenvalue weighted by Gasteiger charge is -2.28. The van der Waals surface area contributed by atoms with Gasteiger partial charge in [0.2, 0.25) is 0 Å². The lowest BCUT2D eigenvalue weighted by molar-refractivity contribution is -0.148. The number of unbranched alkanes of at least 4 members (excludes halogenated alkanes) is 2. The molecule has 2 N–H and O–H groups in total. The highest BCUT2D eigenvalue weighted by Gasteiger charge is 2.41. The molecule has 1 saturated carbocycles. The molecule has 1 fully saturated rings. The van der Waals surface area contributed by atoms with Crippen LogP contribution in [0.5, 0.6) is 0 Å². The minimum absolute atomic E-state index is 0.107. The number of carboxylic acid groups (broad SMARTS) is 1. The highest BCUT2D eigenvalue weighted by atomic mass is 16.4. The van der Waals surface area contributed by atoms with Gasteiger partial charge < -0.3 is 15.3 Å². The first-order valence-electron chi connectivity index (χ1n) is 8.32. The van der Waals surface area contributed by atoms with E-state index in [0.717, 1.165) is 51.6 Å². The van der Waals surface area contributed by atoms with E-state index >= 15 is 0 Å². The van der Waals surface area contributed by atoms with Crippen molar-refractivity contribution in [2.75, 3.05) is 19.6 Å². The van der Waals surface area contributed by atoms with E-state index in [9.17, 15) is 14.7 Å². The minimum atomic E-state index is -0.769. The zero-order valence-corrected chi connectivity index (χ0v) is 13.5. The fourth-order valence-corrected chi connectivity index (χ4v) is 2.89. The molecule has 21 heavy (non-hydrogen) atoms. The molecule has 0 saturated heterocycles. The van der Waals surface area contributed by atoms with Crippen LogP contribution in [-0.2, 0) is 4.79 Å². The molecule has 0 bridgehead atoms. The van der Waals surface area contributed by atoms with Crippen LogP contribution in [0.2, 0.25) is 0 Å². The third-order valence-corrected chi connectivity index (χ3v) is 4.44. The van der Waals surface area contributed by atoms with Crippen LogP contribution < -0.4 is 5.32 Å². The van der Waals surface area contributed by atoms with Gasteiger partial charge in [0.25, 0.3) is 0 Å². The second-order valence-electron chi connectivity index (χ2n) is 6.15. The number of aliphatic carboxylic acids is 1. The second kappa shape index (κ2) is 8.90. The quantitative estimate of drug-likeness (QED) is 0.686. The van der Waals surface area contributed by atoms with Crippen molar-refractivity contribution in [3.8, 4) is 0 Å². The van der Waals surface area contributed by atoms with Gasteiger partial charge in [-0.2, -0.15) is 0 Å². The number of carboxylic acids is 1. The maximum absolute atomic E-state index is 12.3. The van der Waals surface area contributed by atoms with Crippen LogP contribution in [0.15, 0.2) is 0 Å². The second-order valence-corrected chi connectivity index (χ2v) is 6.15. The van der Waals surface area contributed by atoms with Gasteiger partial charge in [0.05, 0.1) is 5.41 Å². The predicted octanol–water partition coefficient (Wildman–Crippen LogP) is 3.24. The monoisotopic (exact) mass is 298 g/mol. The smallest absolute Gasteiger partial charge is 0.317 e. The highest BCUT2D eigenvalue weighted by Crippen LogP contribution is 2.37. The standard InChI is InChI=1S/C16H30N2O3/c1-3-5-11-18(12-6-4-2)15(21)17-13-16(14(19)20)9-7-8-10-16/h3-13H2,1-2H3,(H,17,21)(H,19,20). The fourth-order valence-electron chi connectivity index (χ4n) is 2.89. The summed E-state index contributed by atoms with van der Waals surface area (Å²) in [5.41, 5.74) is -0.739. The van der Waals surface area contributed by atoms with Crippen LogP contribution in [0.3, 0.4) is 0 Å². The van der Waals surface area contributed by atoms with E-state index in [2.05, 4.69) is 19.2 Å². The number of carbonyl (C=O) groups is 2. The minimum Gasteiger partial charge on any atom is -0.481 e. The molecule has 0 aromatic heterocycles. The molecular weight excluding hydrogens is 268 g/mol. The molecule has 0 heterocycles. The van der Waals surface area contributed by atoms with Crippen LogP contribution in [0.4, 0.5) is 4.79 Å². The van der Waals surface area contributed by atoms with Crippen LogP contribution >= 0.6 is 0 Å². The van der Waals surface area contributed by atoms with Gasteiger partial charge in [-0.05, 0) is 25.7 Å². The molecule has 0 unspecified atom stereocenters. The molecule has 0 radical (unpaired) electrons. The van der Waals surface area contributed by atoms with Crippen molar-refractivity contribution in [3.63, 3.8) is 0 Å². The number of hydrogen-bond donors (Lipinski definition) is 2. The molecule has 5 nitrogen and oxygen atoms in total. The normalized spacial score (nSPS) is 16.7. The molecule has 0 aromatic carbocycles. The molecule has 0 aliphatic heterocycles. The number of nitrogens with zero attached hydrogens (tertiary/aromatic N) is 1. The van der Waals surface area contributed by atoms with Gasteiger partial charge in [-0.3, -0.25) is 4.79 Å². The average Bonchev–Trinajstić information content (AvgIpc) is 2.95. The van der Waals surface area contributed by atoms with Gasteiger partial charge in [0.1, 0.15) is 0 Å². The summed E-state index contributed by atoms with van der Waals surface area (Å²) in [5, 5.41) is 12.3. The Balaban J connectivity index is 2.52. The molecule has 5 heteroatoms. The van der Waals surface area contributed by atoms with Gasteiger partial charge >= 0.3 is 12.0 Å². The van der Waals surface area contributed by atoms with E-state index in [1.807, 2.05) is 4.90 Å². The number of rotatable bonds is 9. The molecule has 0 atom stereocenters. The third kappa shape index (κ3) is 5.21. The summed E-state index contributed by atoms with van der Waals surface area (Å²) in [6.07, 6.45) is 7.31. The molecular formula is C16H30N2O3. The third-order valence-electron chi connectivity index (χ3n) is 4.44. The van der Waals surface area contributed by atoms with E-state index in [1.54, 1.807) is 0 Å². The van der Waals surface area contributed by atoms with Gasteiger partial charge in [-0.25, -0.2) is 4.79 Å². The van der Waals surface area contributed by atoms with E-state index in [0.29, 0.717) is 12.8 Å². The maximum atomic E-state index is 12.3. The van der Waals surface area contributed by atoms with Crippen molar-refractivity contribution in [3.05, 3.63) is 0 Å². The summed E-state index contributed by atoms with van der Waals surface area (Å²) in [4.78, 5) is 25.6. The van der Waals surface area contributed by atoms with Crippen LogP contribution in [0, 0.1) is 5.41 Å². The Labute approximate surface area is 128 Å². The zero-order valence-electron chi connectivity index (χ0n) is 13.5. The molecule has 1 rings (SSSR count). The number of hydrogen-bond acceptors (Lipinski definition) is 2. The lowest BCUT2D eigenvalue weighted by atomic mass is 9.86. The molecule has 122 valence electrons. The summed E-state index contributed by atoms with van der Waals surface area (Å²) < 4.78 is 0. The van der Waals surface area contributed by atoms with E-state index < -0.39 is 11.4 Å². The first kappa shape index (κ1) is 17.8. The zero-order chi connectivity index (χ0) is 15.7. The van der Waals surface area contributed by atoms with Gasteiger partial charge in [-0.15, -0.1) is 0 Å². The number of nitrogens with one attached hydrogen (secondary N) is 1. The van der Waals surface area contributed by atoms with Crippen LogP contribution in [0.25, 0.3) is 0 Å². The first-order chi connectivity index (χ1) is 10.1. The lowest BCUT2D eigenvalue weighted by Crippen LogP contribution is -2.47. The van der Waals surface area contributed by atoms with Gasteiger partial charge in [0, 0.05) is 19.6 Å². The molecule has 0 aromatic rings. The largest absolute Gasteiger partial charge is 0.481 e. The number of carbonyl (C=O) groups excluding carboxylic acids is 1. The Kier molecular flexibility index (Phi) is 7.54. The van der Waals surface area contributed by atoms with Gasteiger partial charge in [0.15, 0.2) is 0 Å². The predicted molar refractivity (Wildman–Crippen MR) is 83.3 cm³/mol. The Bertz CT molecular complexity index is 330. The summed E-state index contributed by atoms with van der Waals surface area (Å²) >= 11 is 0. The van der Waals surface area contributed by atoms with Gasteiger partial charge in [-0.1, -0.05) is 39.5 Å². The number of amides is 2. The van der Waals surface area contributed by atoms with E-state index in [1.165, 1.54) is 0 Å². The summed E-state index contributed by atoms with van der Waals surface area (Å²) in [6, 6.07) is -0.107. The Hall–Kier alpha value is -1.26. The molecule has 1 aliphatic carbocycles. The molecule has 2 amide bonds. The SMILES string of the molecule is CCCCN(CCCC)C(=O)NCC1(C(=O)O)CCCC1. The topological polar surface area (TPSA) is 69.6 Å². The van der Waals surface area contributed by atoms with Crippen LogP contribution in [-0.4, -0.2) is 41.6 Å². The Morgan fingerprint density at radius 3 is 2.05 bits per heavy atom. The Morgan fingerprint density at radius 2 is 1.62 bits per heavy atom. The average molecular weight is 298 g/mol. The Morgan fingerprint density at radius 1 is 1.10 bits per heavy atom. The fraction of sp³-hybridized carbons (Fsp3) is 0.875. The van der Waals surface area contributed by atoms with E-state index in [-0.39, 0.29) is 12.6 Å². The summed E-state index contributed by atoms with van der Waals surface area (Å²) in [7, 11) is 0. The van der Waals surface area contributed by atoms with Crippen molar-refractivity contribution in [2.45, 2.75) is 65.2 Å². The summed E-state index contributed by atoms with van der Waals surface area (Å²) in [5.74, 6) is -0.769. The van der Waals surface area contributed by atoms with Crippen molar-refractivity contribution in [2.24, 2.45) is 5.41 Å². The maximum Gasteiger partial charge on any atom is 0.317 e. The van der Waals surface area contributed by atoms with Crippen molar-refractivity contribution >= 4 is 12.0 Å². The number of urea groups is 1. The van der Waals surface area contributed by atoms with Crippen LogP contribution in [0.1, 0.15) is 65.2 Å². The summed E-state index contributed by atoms with van der Waals surface area (Å²) in [6.45, 7) is 5.97. The van der Waals surface area contributed by atoms with Crippen molar-refractivity contribution < 1.29 is 14.7 Å². The van der Waals surface area contributed by atoms with Crippen molar-refractivity contribution in [1.82, 2.24) is 10.2 Å².